The molecule has 0 saturated heterocycles. The SMILES string of the molecule is COc1cc(C(C)(C)C)cc(C2(C(=O)O)CCC2)c1O. The van der Waals surface area contributed by atoms with Gasteiger partial charge in [0.25, 0.3) is 0 Å². The number of rotatable bonds is 3. The summed E-state index contributed by atoms with van der Waals surface area (Å²) in [5.41, 5.74) is 0.354. The first-order valence-corrected chi connectivity index (χ1v) is 6.88. The van der Waals surface area contributed by atoms with Gasteiger partial charge in [0.15, 0.2) is 11.5 Å². The minimum absolute atomic E-state index is 0.0393. The van der Waals surface area contributed by atoms with Crippen LogP contribution in [0.2, 0.25) is 0 Å². The lowest BCUT2D eigenvalue weighted by Gasteiger charge is -2.39. The largest absolute Gasteiger partial charge is 0.504 e. The van der Waals surface area contributed by atoms with Crippen LogP contribution in [0.1, 0.15) is 51.2 Å². The highest BCUT2D eigenvalue weighted by atomic mass is 16.5. The number of ether oxygens (including phenoxy) is 1. The zero-order valence-electron chi connectivity index (χ0n) is 12.5. The zero-order valence-corrected chi connectivity index (χ0v) is 12.5. The Morgan fingerprint density at radius 3 is 2.25 bits per heavy atom. The van der Waals surface area contributed by atoms with Crippen molar-refractivity contribution in [2.75, 3.05) is 7.11 Å². The van der Waals surface area contributed by atoms with Crippen LogP contribution in [0.5, 0.6) is 11.5 Å². The normalized spacial score (nSPS) is 17.4. The van der Waals surface area contributed by atoms with Crippen LogP contribution < -0.4 is 4.74 Å². The molecule has 1 aliphatic carbocycles. The molecule has 0 aliphatic heterocycles. The summed E-state index contributed by atoms with van der Waals surface area (Å²) < 4.78 is 5.22. The molecule has 0 unspecified atom stereocenters. The Labute approximate surface area is 119 Å². The summed E-state index contributed by atoms with van der Waals surface area (Å²) in [5.74, 6) is -0.560. The molecular weight excluding hydrogens is 256 g/mol. The molecule has 1 saturated carbocycles. The van der Waals surface area contributed by atoms with E-state index in [0.717, 1.165) is 12.0 Å². The van der Waals surface area contributed by atoms with Crippen molar-refractivity contribution in [3.8, 4) is 11.5 Å². The van der Waals surface area contributed by atoms with Crippen LogP contribution in [0.3, 0.4) is 0 Å². The molecule has 1 aromatic carbocycles. The lowest BCUT2D eigenvalue weighted by molar-refractivity contribution is -0.147. The third-order valence-corrected chi connectivity index (χ3v) is 4.29. The minimum Gasteiger partial charge on any atom is -0.504 e. The van der Waals surface area contributed by atoms with Crippen LogP contribution in [0.4, 0.5) is 0 Å². The highest BCUT2D eigenvalue weighted by Gasteiger charge is 2.48. The van der Waals surface area contributed by atoms with Gasteiger partial charge in [0.1, 0.15) is 0 Å². The molecule has 1 aliphatic rings. The van der Waals surface area contributed by atoms with E-state index < -0.39 is 11.4 Å². The quantitative estimate of drug-likeness (QED) is 0.891. The van der Waals surface area contributed by atoms with Crippen LogP contribution in [0.25, 0.3) is 0 Å². The summed E-state index contributed by atoms with van der Waals surface area (Å²) >= 11 is 0. The van der Waals surface area contributed by atoms with E-state index >= 15 is 0 Å². The van der Waals surface area contributed by atoms with Gasteiger partial charge in [0.05, 0.1) is 12.5 Å². The summed E-state index contributed by atoms with van der Waals surface area (Å²) in [6, 6.07) is 3.61. The van der Waals surface area contributed by atoms with Gasteiger partial charge in [-0.25, -0.2) is 0 Å². The smallest absolute Gasteiger partial charge is 0.314 e. The number of hydrogen-bond acceptors (Lipinski definition) is 3. The Bertz CT molecular complexity index is 536. The number of hydrogen-bond donors (Lipinski definition) is 2. The van der Waals surface area contributed by atoms with Gasteiger partial charge in [-0.05, 0) is 29.9 Å². The van der Waals surface area contributed by atoms with Crippen molar-refractivity contribution in [2.24, 2.45) is 0 Å². The van der Waals surface area contributed by atoms with Gasteiger partial charge in [-0.2, -0.15) is 0 Å². The van der Waals surface area contributed by atoms with Gasteiger partial charge in [0.2, 0.25) is 0 Å². The Balaban J connectivity index is 2.66. The van der Waals surface area contributed by atoms with Crippen molar-refractivity contribution in [2.45, 2.75) is 50.9 Å². The monoisotopic (exact) mass is 278 g/mol. The Morgan fingerprint density at radius 1 is 1.30 bits per heavy atom. The Morgan fingerprint density at radius 2 is 1.90 bits per heavy atom. The van der Waals surface area contributed by atoms with Gasteiger partial charge in [-0.15, -0.1) is 0 Å². The van der Waals surface area contributed by atoms with Gasteiger partial charge in [-0.3, -0.25) is 4.79 Å². The minimum atomic E-state index is -0.960. The lowest BCUT2D eigenvalue weighted by Crippen LogP contribution is -2.42. The Kier molecular flexibility index (Phi) is 3.44. The van der Waals surface area contributed by atoms with E-state index in [1.165, 1.54) is 7.11 Å². The number of methoxy groups -OCH3 is 1. The summed E-state index contributed by atoms with van der Waals surface area (Å²) in [4.78, 5) is 11.7. The molecule has 1 fully saturated rings. The maximum Gasteiger partial charge on any atom is 0.314 e. The van der Waals surface area contributed by atoms with Crippen LogP contribution >= 0.6 is 0 Å². The number of aromatic hydroxyl groups is 1. The molecule has 4 heteroatoms. The predicted octanol–water partition coefficient (Wildman–Crippen LogP) is 3.20. The van der Waals surface area contributed by atoms with Crippen LogP contribution in [-0.4, -0.2) is 23.3 Å². The van der Waals surface area contributed by atoms with E-state index in [4.69, 9.17) is 4.74 Å². The summed E-state index contributed by atoms with van der Waals surface area (Å²) in [6.45, 7) is 6.16. The number of benzene rings is 1. The van der Waals surface area contributed by atoms with Crippen molar-refractivity contribution in [3.63, 3.8) is 0 Å². The van der Waals surface area contributed by atoms with Crippen molar-refractivity contribution >= 4 is 5.97 Å². The van der Waals surface area contributed by atoms with Gasteiger partial charge in [0, 0.05) is 5.56 Å². The molecule has 0 amide bonds. The molecule has 110 valence electrons. The van der Waals surface area contributed by atoms with Crippen LogP contribution in [0, 0.1) is 0 Å². The van der Waals surface area contributed by atoms with Gasteiger partial charge >= 0.3 is 5.97 Å². The van der Waals surface area contributed by atoms with Gasteiger partial charge < -0.3 is 14.9 Å². The molecule has 4 nitrogen and oxygen atoms in total. The maximum absolute atomic E-state index is 11.7. The molecule has 0 atom stereocenters. The standard InChI is InChI=1S/C16H22O4/c1-15(2,3)10-8-11(13(17)12(9-10)20-4)16(14(18)19)6-5-7-16/h8-9,17H,5-7H2,1-4H3,(H,18,19). The molecule has 0 heterocycles. The number of carbonyl (C=O) groups is 1. The summed E-state index contributed by atoms with van der Waals surface area (Å²) in [7, 11) is 1.49. The van der Waals surface area contributed by atoms with Crippen molar-refractivity contribution < 1.29 is 19.7 Å². The van der Waals surface area contributed by atoms with E-state index in [1.807, 2.05) is 6.07 Å². The number of carboxylic acid groups (broad SMARTS) is 1. The molecule has 0 radical (unpaired) electrons. The fourth-order valence-corrected chi connectivity index (χ4v) is 2.69. The van der Waals surface area contributed by atoms with Gasteiger partial charge in [-0.1, -0.05) is 33.3 Å². The average Bonchev–Trinajstić information content (AvgIpc) is 2.27. The van der Waals surface area contributed by atoms with Crippen LogP contribution in [0.15, 0.2) is 12.1 Å². The third kappa shape index (κ3) is 2.13. The van der Waals surface area contributed by atoms with Crippen LogP contribution in [-0.2, 0) is 15.6 Å². The van der Waals surface area contributed by atoms with E-state index in [1.54, 1.807) is 6.07 Å². The topological polar surface area (TPSA) is 66.8 Å². The lowest BCUT2D eigenvalue weighted by atomic mass is 9.63. The molecule has 0 bridgehead atoms. The first kappa shape index (κ1) is 14.7. The van der Waals surface area contributed by atoms with Crippen molar-refractivity contribution in [1.82, 2.24) is 0 Å². The zero-order chi connectivity index (χ0) is 15.1. The van der Waals surface area contributed by atoms with E-state index in [9.17, 15) is 15.0 Å². The predicted molar refractivity (Wildman–Crippen MR) is 76.5 cm³/mol. The number of phenolic OH excluding ortho intramolecular Hbond substituents is 1. The second-order valence-electron chi connectivity index (χ2n) is 6.57. The number of carboxylic acids is 1. The van der Waals surface area contributed by atoms with E-state index in [-0.39, 0.29) is 11.2 Å². The average molecular weight is 278 g/mol. The molecule has 1 aromatic rings. The molecule has 2 rings (SSSR count). The molecule has 0 aromatic heterocycles. The fourth-order valence-electron chi connectivity index (χ4n) is 2.69. The highest BCUT2D eigenvalue weighted by molar-refractivity contribution is 5.84. The molecular formula is C16H22O4. The van der Waals surface area contributed by atoms with Crippen molar-refractivity contribution in [3.05, 3.63) is 23.3 Å². The fraction of sp³-hybridized carbons (Fsp3) is 0.562. The highest BCUT2D eigenvalue weighted by Crippen LogP contribution is 2.50. The first-order valence-electron chi connectivity index (χ1n) is 6.88. The molecule has 0 spiro atoms. The summed E-state index contributed by atoms with van der Waals surface area (Å²) in [6.07, 6.45) is 1.99. The number of phenols is 1. The molecule has 20 heavy (non-hydrogen) atoms. The second kappa shape index (κ2) is 4.69. The molecule has 2 N–H and O–H groups in total. The second-order valence-corrected chi connectivity index (χ2v) is 6.57. The first-order chi connectivity index (χ1) is 9.22. The third-order valence-electron chi connectivity index (χ3n) is 4.29. The summed E-state index contributed by atoms with van der Waals surface area (Å²) in [5, 5.41) is 19.9. The maximum atomic E-state index is 11.7. The van der Waals surface area contributed by atoms with E-state index in [0.29, 0.717) is 24.2 Å². The number of aliphatic carboxylic acids is 1. The Hall–Kier alpha value is -1.71. The van der Waals surface area contributed by atoms with E-state index in [2.05, 4.69) is 20.8 Å². The van der Waals surface area contributed by atoms with Crippen molar-refractivity contribution in [1.29, 1.82) is 0 Å².